The maximum absolute atomic E-state index is 12.4. The van der Waals surface area contributed by atoms with Crippen molar-refractivity contribution in [3.63, 3.8) is 0 Å². The van der Waals surface area contributed by atoms with Gasteiger partial charge < -0.3 is 4.74 Å². The standard InChI is InChI=1S/C16H22O8S3/c1-25(18,19)11-16(17)24-13-7-9-15(10-8-13)27(22,23)12-26(20,21)14-5-3-2-4-6-14/h7-10,14H,2-6,11-12H2,1H3. The Kier molecular flexibility index (Phi) is 6.69. The average molecular weight is 439 g/mol. The van der Waals surface area contributed by atoms with Crippen molar-refractivity contribution in [1.29, 1.82) is 0 Å². The highest BCUT2D eigenvalue weighted by Gasteiger charge is 2.32. The van der Waals surface area contributed by atoms with Crippen molar-refractivity contribution in [2.24, 2.45) is 0 Å². The number of hydrogen-bond donors (Lipinski definition) is 0. The lowest BCUT2D eigenvalue weighted by Crippen LogP contribution is -2.29. The minimum atomic E-state index is -4.07. The highest BCUT2D eigenvalue weighted by atomic mass is 32.3. The van der Waals surface area contributed by atoms with Gasteiger partial charge in [-0.3, -0.25) is 4.79 Å². The molecule has 152 valence electrons. The normalized spacial score (nSPS) is 16.8. The first-order valence-electron chi connectivity index (χ1n) is 8.32. The molecular weight excluding hydrogens is 416 g/mol. The van der Waals surface area contributed by atoms with Crippen LogP contribution in [0.3, 0.4) is 0 Å². The Morgan fingerprint density at radius 1 is 0.963 bits per heavy atom. The van der Waals surface area contributed by atoms with E-state index in [1.807, 2.05) is 0 Å². The highest BCUT2D eigenvalue weighted by Crippen LogP contribution is 2.27. The first-order chi connectivity index (χ1) is 12.4. The number of sulfone groups is 3. The Morgan fingerprint density at radius 2 is 1.52 bits per heavy atom. The van der Waals surface area contributed by atoms with E-state index in [1.165, 1.54) is 12.1 Å². The van der Waals surface area contributed by atoms with Gasteiger partial charge in [0, 0.05) is 6.26 Å². The molecule has 0 heterocycles. The van der Waals surface area contributed by atoms with Gasteiger partial charge in [-0.1, -0.05) is 19.3 Å². The first kappa shape index (κ1) is 21.8. The van der Waals surface area contributed by atoms with Gasteiger partial charge in [0.1, 0.15) is 11.5 Å². The maximum Gasteiger partial charge on any atom is 0.326 e. The summed E-state index contributed by atoms with van der Waals surface area (Å²) in [5, 5.41) is -1.59. The van der Waals surface area contributed by atoms with Gasteiger partial charge >= 0.3 is 5.97 Å². The van der Waals surface area contributed by atoms with Gasteiger partial charge in [-0.2, -0.15) is 0 Å². The SMILES string of the molecule is CS(=O)(=O)CC(=O)Oc1ccc(S(=O)(=O)CS(=O)(=O)C2CCCCC2)cc1. The van der Waals surface area contributed by atoms with Crippen LogP contribution in [0, 0.1) is 0 Å². The van der Waals surface area contributed by atoms with E-state index in [0.717, 1.165) is 37.7 Å². The zero-order valence-electron chi connectivity index (χ0n) is 14.8. The second-order valence-electron chi connectivity index (χ2n) is 6.67. The molecule has 1 aromatic carbocycles. The minimum absolute atomic E-state index is 0.0299. The van der Waals surface area contributed by atoms with Gasteiger partial charge in [0.25, 0.3) is 0 Å². The molecule has 1 aliphatic rings. The van der Waals surface area contributed by atoms with E-state index < -0.39 is 51.6 Å². The molecule has 1 aromatic rings. The Hall–Kier alpha value is -1.46. The summed E-state index contributed by atoms with van der Waals surface area (Å²) in [6.07, 6.45) is 4.35. The summed E-state index contributed by atoms with van der Waals surface area (Å²) in [5.74, 6) is -1.82. The second-order valence-corrected chi connectivity index (χ2v) is 13.4. The van der Waals surface area contributed by atoms with Crippen molar-refractivity contribution < 1.29 is 34.8 Å². The molecule has 0 amide bonds. The summed E-state index contributed by atoms with van der Waals surface area (Å²) in [7, 11) is -11.4. The van der Waals surface area contributed by atoms with Crippen LogP contribution in [0.1, 0.15) is 32.1 Å². The van der Waals surface area contributed by atoms with Crippen molar-refractivity contribution >= 4 is 35.5 Å². The summed E-state index contributed by atoms with van der Waals surface area (Å²) in [5.41, 5.74) is 0. The smallest absolute Gasteiger partial charge is 0.326 e. The topological polar surface area (TPSA) is 129 Å². The second kappa shape index (κ2) is 8.27. The maximum atomic E-state index is 12.4. The van der Waals surface area contributed by atoms with E-state index >= 15 is 0 Å². The molecule has 1 saturated carbocycles. The number of esters is 1. The van der Waals surface area contributed by atoms with Crippen LogP contribution < -0.4 is 4.74 Å². The van der Waals surface area contributed by atoms with Crippen molar-refractivity contribution in [2.75, 3.05) is 17.1 Å². The van der Waals surface area contributed by atoms with Crippen LogP contribution in [0.2, 0.25) is 0 Å². The average Bonchev–Trinajstić information content (AvgIpc) is 2.53. The predicted molar refractivity (Wildman–Crippen MR) is 99.6 cm³/mol. The number of hydrogen-bond acceptors (Lipinski definition) is 8. The summed E-state index contributed by atoms with van der Waals surface area (Å²) >= 11 is 0. The third-order valence-corrected chi connectivity index (χ3v) is 9.97. The number of carbonyl (C=O) groups excluding carboxylic acids is 1. The third kappa shape index (κ3) is 6.58. The van der Waals surface area contributed by atoms with Crippen LogP contribution in [-0.2, 0) is 34.3 Å². The fourth-order valence-corrected chi connectivity index (χ4v) is 8.03. The number of rotatable bonds is 7. The lowest BCUT2D eigenvalue weighted by molar-refractivity contribution is -0.131. The number of ether oxygens (including phenoxy) is 1. The first-order valence-corrected chi connectivity index (χ1v) is 13.7. The van der Waals surface area contributed by atoms with E-state index in [1.54, 1.807) is 0 Å². The molecule has 8 nitrogen and oxygen atoms in total. The third-order valence-electron chi connectivity index (χ3n) is 4.17. The zero-order valence-corrected chi connectivity index (χ0v) is 17.3. The summed E-state index contributed by atoms with van der Waals surface area (Å²) in [6, 6.07) is 4.63. The van der Waals surface area contributed by atoms with E-state index in [4.69, 9.17) is 4.74 Å². The Labute approximate surface area is 159 Å². The predicted octanol–water partition coefficient (Wildman–Crippen LogP) is 1.12. The summed E-state index contributed by atoms with van der Waals surface area (Å²) < 4.78 is 76.6. The molecule has 0 saturated heterocycles. The minimum Gasteiger partial charge on any atom is -0.426 e. The molecular formula is C16H22O8S3. The zero-order chi connectivity index (χ0) is 20.3. The van der Waals surface area contributed by atoms with Gasteiger partial charge in [-0.05, 0) is 37.1 Å². The Balaban J connectivity index is 2.09. The molecule has 0 N–H and O–H groups in total. The molecule has 0 radical (unpaired) electrons. The van der Waals surface area contributed by atoms with Crippen molar-refractivity contribution in [1.82, 2.24) is 0 Å². The van der Waals surface area contributed by atoms with Crippen LogP contribution in [-0.4, -0.2) is 53.6 Å². The molecule has 0 aliphatic heterocycles. The van der Waals surface area contributed by atoms with E-state index in [2.05, 4.69) is 0 Å². The van der Waals surface area contributed by atoms with Crippen molar-refractivity contribution in [3.8, 4) is 5.75 Å². The fraction of sp³-hybridized carbons (Fsp3) is 0.562. The molecule has 27 heavy (non-hydrogen) atoms. The van der Waals surface area contributed by atoms with Crippen molar-refractivity contribution in [2.45, 2.75) is 42.2 Å². The van der Waals surface area contributed by atoms with Gasteiger partial charge in [0.15, 0.2) is 34.6 Å². The molecule has 2 rings (SSSR count). The van der Waals surface area contributed by atoms with Crippen LogP contribution in [0.25, 0.3) is 0 Å². The van der Waals surface area contributed by atoms with Crippen LogP contribution in [0.4, 0.5) is 0 Å². The quantitative estimate of drug-likeness (QED) is 0.457. The van der Waals surface area contributed by atoms with E-state index in [0.29, 0.717) is 12.8 Å². The lowest BCUT2D eigenvalue weighted by Gasteiger charge is -2.21. The summed E-state index contributed by atoms with van der Waals surface area (Å²) in [6.45, 7) is 0. The van der Waals surface area contributed by atoms with Crippen LogP contribution >= 0.6 is 0 Å². The number of carbonyl (C=O) groups is 1. The molecule has 1 fully saturated rings. The molecule has 0 atom stereocenters. The molecule has 0 bridgehead atoms. The Bertz CT molecular complexity index is 984. The highest BCUT2D eigenvalue weighted by molar-refractivity contribution is 8.08. The van der Waals surface area contributed by atoms with Gasteiger partial charge in [-0.25, -0.2) is 25.3 Å². The van der Waals surface area contributed by atoms with Crippen LogP contribution in [0.15, 0.2) is 29.2 Å². The molecule has 0 aromatic heterocycles. The van der Waals surface area contributed by atoms with Crippen molar-refractivity contribution in [3.05, 3.63) is 24.3 Å². The molecule has 1 aliphatic carbocycles. The monoisotopic (exact) mass is 438 g/mol. The van der Waals surface area contributed by atoms with Gasteiger partial charge in [0.2, 0.25) is 0 Å². The van der Waals surface area contributed by atoms with E-state index in [-0.39, 0.29) is 10.6 Å². The fourth-order valence-electron chi connectivity index (χ4n) is 2.89. The lowest BCUT2D eigenvalue weighted by atomic mass is 10.0. The van der Waals surface area contributed by atoms with Gasteiger partial charge in [-0.15, -0.1) is 0 Å². The molecule has 0 spiro atoms. The van der Waals surface area contributed by atoms with Gasteiger partial charge in [0.05, 0.1) is 10.1 Å². The number of benzene rings is 1. The summed E-state index contributed by atoms with van der Waals surface area (Å²) in [4.78, 5) is 11.3. The molecule has 0 unspecified atom stereocenters. The largest absolute Gasteiger partial charge is 0.426 e. The van der Waals surface area contributed by atoms with E-state index in [9.17, 15) is 30.0 Å². The van der Waals surface area contributed by atoms with Crippen LogP contribution in [0.5, 0.6) is 5.75 Å². The molecule has 11 heteroatoms. The Morgan fingerprint density at radius 3 is 2.04 bits per heavy atom.